The standard InChI is InChI=1S/C9H8ClN3O3S2/c1-16-9-8(11-5-6(10)12-9)13-18(14,15)7-3-2-4-17-7/h2-5H,1H3,(H,11,13). The third kappa shape index (κ3) is 2.71. The minimum atomic E-state index is -3.67. The van der Waals surface area contributed by atoms with Crippen LogP contribution in [0.4, 0.5) is 5.82 Å². The van der Waals surface area contributed by atoms with E-state index in [0.717, 1.165) is 11.3 Å². The van der Waals surface area contributed by atoms with Gasteiger partial charge in [0.15, 0.2) is 5.15 Å². The fourth-order valence-corrected chi connectivity index (χ4v) is 3.28. The highest BCUT2D eigenvalue weighted by Crippen LogP contribution is 2.25. The molecule has 0 aliphatic heterocycles. The van der Waals surface area contributed by atoms with Crippen molar-refractivity contribution in [2.24, 2.45) is 0 Å². The normalized spacial score (nSPS) is 11.2. The van der Waals surface area contributed by atoms with E-state index in [-0.39, 0.29) is 21.1 Å². The molecule has 0 bridgehead atoms. The maximum absolute atomic E-state index is 12.0. The molecule has 18 heavy (non-hydrogen) atoms. The second kappa shape index (κ2) is 5.09. The first-order chi connectivity index (χ1) is 8.53. The molecule has 6 nitrogen and oxygen atoms in total. The van der Waals surface area contributed by atoms with Gasteiger partial charge in [-0.25, -0.2) is 13.4 Å². The molecule has 0 aromatic carbocycles. The van der Waals surface area contributed by atoms with Gasteiger partial charge in [0.05, 0.1) is 13.3 Å². The van der Waals surface area contributed by atoms with Gasteiger partial charge in [0.25, 0.3) is 15.9 Å². The van der Waals surface area contributed by atoms with Gasteiger partial charge in [-0.05, 0) is 11.4 Å². The number of aromatic nitrogens is 2. The van der Waals surface area contributed by atoms with Crippen molar-refractivity contribution in [1.82, 2.24) is 9.97 Å². The molecular formula is C9H8ClN3O3S2. The van der Waals surface area contributed by atoms with Crippen molar-refractivity contribution in [3.63, 3.8) is 0 Å². The first-order valence-corrected chi connectivity index (χ1v) is 7.40. The zero-order valence-electron chi connectivity index (χ0n) is 9.12. The highest BCUT2D eigenvalue weighted by Gasteiger charge is 2.19. The smallest absolute Gasteiger partial charge is 0.272 e. The quantitative estimate of drug-likeness (QED) is 0.934. The Labute approximate surface area is 113 Å². The maximum Gasteiger partial charge on any atom is 0.272 e. The fourth-order valence-electron chi connectivity index (χ4n) is 1.16. The lowest BCUT2D eigenvalue weighted by atomic mass is 10.6. The van der Waals surface area contributed by atoms with Gasteiger partial charge in [-0.1, -0.05) is 17.7 Å². The van der Waals surface area contributed by atoms with Crippen LogP contribution in [0.25, 0.3) is 0 Å². The van der Waals surface area contributed by atoms with Gasteiger partial charge in [0.1, 0.15) is 4.21 Å². The number of hydrogen-bond donors (Lipinski definition) is 1. The number of nitrogens with one attached hydrogen (secondary N) is 1. The average molecular weight is 306 g/mol. The average Bonchev–Trinajstić information content (AvgIpc) is 2.85. The Kier molecular flexibility index (Phi) is 3.69. The van der Waals surface area contributed by atoms with Crippen LogP contribution in [0, 0.1) is 0 Å². The van der Waals surface area contributed by atoms with E-state index in [1.54, 1.807) is 11.4 Å². The van der Waals surface area contributed by atoms with Crippen molar-refractivity contribution in [3.05, 3.63) is 28.9 Å². The van der Waals surface area contributed by atoms with Gasteiger partial charge in [-0.3, -0.25) is 4.72 Å². The lowest BCUT2D eigenvalue weighted by molar-refractivity contribution is 0.398. The van der Waals surface area contributed by atoms with Crippen molar-refractivity contribution in [3.8, 4) is 5.88 Å². The van der Waals surface area contributed by atoms with Crippen molar-refractivity contribution < 1.29 is 13.2 Å². The predicted octanol–water partition coefficient (Wildman–Crippen LogP) is 2.00. The Morgan fingerprint density at radius 1 is 1.50 bits per heavy atom. The van der Waals surface area contributed by atoms with Crippen LogP contribution in [-0.4, -0.2) is 25.5 Å². The van der Waals surface area contributed by atoms with E-state index in [0.29, 0.717) is 0 Å². The fraction of sp³-hybridized carbons (Fsp3) is 0.111. The SMILES string of the molecule is COc1nc(Cl)cnc1NS(=O)(=O)c1cccs1. The summed E-state index contributed by atoms with van der Waals surface area (Å²) in [6.07, 6.45) is 1.23. The third-order valence-corrected chi connectivity index (χ3v) is 4.81. The maximum atomic E-state index is 12.0. The van der Waals surface area contributed by atoms with Crippen LogP contribution >= 0.6 is 22.9 Å². The van der Waals surface area contributed by atoms with Crippen LogP contribution in [0.15, 0.2) is 27.9 Å². The highest BCUT2D eigenvalue weighted by atomic mass is 35.5. The molecule has 0 spiro atoms. The van der Waals surface area contributed by atoms with Crippen molar-refractivity contribution in [2.75, 3.05) is 11.8 Å². The number of methoxy groups -OCH3 is 1. The summed E-state index contributed by atoms with van der Waals surface area (Å²) < 4.78 is 31.3. The first kappa shape index (κ1) is 13.1. The second-order valence-corrected chi connectivity index (χ2v) is 6.33. The molecule has 0 amide bonds. The summed E-state index contributed by atoms with van der Waals surface area (Å²) in [5, 5.41) is 1.78. The van der Waals surface area contributed by atoms with Crippen LogP contribution in [0.1, 0.15) is 0 Å². The van der Waals surface area contributed by atoms with E-state index < -0.39 is 10.0 Å². The van der Waals surface area contributed by atoms with Crippen LogP contribution in [0.2, 0.25) is 5.15 Å². The minimum Gasteiger partial charge on any atom is -0.478 e. The van der Waals surface area contributed by atoms with Crippen LogP contribution in [0.5, 0.6) is 5.88 Å². The van der Waals surface area contributed by atoms with Crippen molar-refractivity contribution >= 4 is 38.8 Å². The molecule has 0 atom stereocenters. The summed E-state index contributed by atoms with van der Waals surface area (Å²) in [4.78, 5) is 7.65. The number of sulfonamides is 1. The minimum absolute atomic E-state index is 0.00435. The molecule has 0 fully saturated rings. The molecular weight excluding hydrogens is 298 g/mol. The molecule has 0 saturated heterocycles. The monoisotopic (exact) mass is 305 g/mol. The summed E-state index contributed by atoms with van der Waals surface area (Å²) in [7, 11) is -2.32. The number of thiophene rings is 1. The van der Waals surface area contributed by atoms with Crippen LogP contribution in [-0.2, 0) is 10.0 Å². The molecule has 9 heteroatoms. The van der Waals surface area contributed by atoms with Crippen LogP contribution in [0.3, 0.4) is 0 Å². The summed E-state index contributed by atoms with van der Waals surface area (Å²) in [6, 6.07) is 3.13. The molecule has 0 aliphatic carbocycles. The number of ether oxygens (including phenoxy) is 1. The summed E-state index contributed by atoms with van der Waals surface area (Å²) in [5.41, 5.74) is 0. The Bertz CT molecular complexity index is 643. The molecule has 0 saturated carbocycles. The third-order valence-electron chi connectivity index (χ3n) is 1.90. The molecule has 2 rings (SSSR count). The molecule has 2 aromatic rings. The number of anilines is 1. The van der Waals surface area contributed by atoms with E-state index in [4.69, 9.17) is 16.3 Å². The molecule has 1 N–H and O–H groups in total. The topological polar surface area (TPSA) is 81.2 Å². The van der Waals surface area contributed by atoms with E-state index >= 15 is 0 Å². The van der Waals surface area contributed by atoms with Gasteiger partial charge in [0, 0.05) is 0 Å². The Hall–Kier alpha value is -1.38. The predicted molar refractivity (Wildman–Crippen MR) is 68.7 cm³/mol. The Morgan fingerprint density at radius 2 is 2.28 bits per heavy atom. The zero-order valence-corrected chi connectivity index (χ0v) is 11.5. The zero-order chi connectivity index (χ0) is 13.2. The number of rotatable bonds is 4. The van der Waals surface area contributed by atoms with Gasteiger partial charge in [-0.15, -0.1) is 11.3 Å². The second-order valence-electron chi connectivity index (χ2n) is 3.09. The largest absolute Gasteiger partial charge is 0.478 e. The molecule has 2 aromatic heterocycles. The Morgan fingerprint density at radius 3 is 2.89 bits per heavy atom. The number of hydrogen-bond acceptors (Lipinski definition) is 6. The van der Waals surface area contributed by atoms with Gasteiger partial charge >= 0.3 is 0 Å². The number of nitrogens with zero attached hydrogens (tertiary/aromatic N) is 2. The van der Waals surface area contributed by atoms with Crippen molar-refractivity contribution in [1.29, 1.82) is 0 Å². The lowest BCUT2D eigenvalue weighted by Crippen LogP contribution is -2.14. The van der Waals surface area contributed by atoms with E-state index in [9.17, 15) is 8.42 Å². The van der Waals surface area contributed by atoms with E-state index in [2.05, 4.69) is 14.7 Å². The van der Waals surface area contributed by atoms with Crippen molar-refractivity contribution in [2.45, 2.75) is 4.21 Å². The molecule has 0 aliphatic rings. The first-order valence-electron chi connectivity index (χ1n) is 4.66. The van der Waals surface area contributed by atoms with Gasteiger partial charge in [-0.2, -0.15) is 4.98 Å². The molecule has 2 heterocycles. The van der Waals surface area contributed by atoms with Crippen LogP contribution < -0.4 is 9.46 Å². The van der Waals surface area contributed by atoms with E-state index in [1.165, 1.54) is 19.4 Å². The molecule has 96 valence electrons. The lowest BCUT2D eigenvalue weighted by Gasteiger charge is -2.08. The van der Waals surface area contributed by atoms with Gasteiger partial charge < -0.3 is 4.74 Å². The summed E-state index contributed by atoms with van der Waals surface area (Å²) in [6.45, 7) is 0. The summed E-state index contributed by atoms with van der Waals surface area (Å²) in [5.74, 6) is 0.0120. The Balaban J connectivity index is 2.35. The summed E-state index contributed by atoms with van der Waals surface area (Å²) >= 11 is 6.74. The van der Waals surface area contributed by atoms with Gasteiger partial charge in [0.2, 0.25) is 5.82 Å². The number of halogens is 1. The highest BCUT2D eigenvalue weighted by molar-refractivity contribution is 7.94. The molecule has 0 radical (unpaired) electrons. The van der Waals surface area contributed by atoms with E-state index in [1.807, 2.05) is 0 Å². The molecule has 0 unspecified atom stereocenters.